The molecule has 3 rings (SSSR count). The molecule has 0 aliphatic carbocycles. The molecule has 1 fully saturated rings. The van der Waals surface area contributed by atoms with Crippen LogP contribution in [0, 0.1) is 0 Å². The van der Waals surface area contributed by atoms with Crippen LogP contribution >= 0.6 is 0 Å². The largest absolute Gasteiger partial charge is 0.508 e. The van der Waals surface area contributed by atoms with E-state index in [1.807, 2.05) is 0 Å². The molecule has 8 heteroatoms. The monoisotopic (exact) mass is 364 g/mol. The fourth-order valence-corrected chi connectivity index (χ4v) is 3.00. The minimum atomic E-state index is -1.59. The van der Waals surface area contributed by atoms with Crippen LogP contribution in [0.4, 0.5) is 0 Å². The molecule has 0 bridgehead atoms. The third-order valence-corrected chi connectivity index (χ3v) is 4.41. The first-order valence-electron chi connectivity index (χ1n) is 8.26. The summed E-state index contributed by atoms with van der Waals surface area (Å²) >= 11 is 0. The number of hydrogen-bond acceptors (Lipinski definition) is 8. The van der Waals surface area contributed by atoms with E-state index in [9.17, 15) is 30.0 Å². The number of cyclic esters (lactones) is 1. The molecule has 26 heavy (non-hydrogen) atoms. The van der Waals surface area contributed by atoms with Gasteiger partial charge in [0.15, 0.2) is 5.78 Å². The highest BCUT2D eigenvalue weighted by molar-refractivity contribution is 5.95. The molecule has 0 saturated carbocycles. The second-order valence-corrected chi connectivity index (χ2v) is 6.53. The SMILES string of the molecule is C[C@H]1CC=CC(=O)[C@@H](O)[C@@H](O)C[C@H]2O[C@@H]2c2cc(O)cc(O)c2C(=O)O1. The molecule has 1 saturated heterocycles. The topological polar surface area (TPSA) is 137 Å². The average Bonchev–Trinajstić information content (AvgIpc) is 3.31. The Morgan fingerprint density at radius 2 is 1.88 bits per heavy atom. The maximum absolute atomic E-state index is 12.5. The molecule has 2 aliphatic heterocycles. The Hall–Kier alpha value is -2.42. The van der Waals surface area contributed by atoms with Crippen molar-refractivity contribution in [2.45, 2.75) is 50.3 Å². The van der Waals surface area contributed by atoms with Gasteiger partial charge in [0, 0.05) is 24.5 Å². The molecule has 2 aliphatic rings. The number of epoxide rings is 1. The molecule has 1 aromatic carbocycles. The fraction of sp³-hybridized carbons (Fsp3) is 0.444. The van der Waals surface area contributed by atoms with Crippen molar-refractivity contribution < 1.29 is 39.5 Å². The molecule has 0 aromatic heterocycles. The van der Waals surface area contributed by atoms with Gasteiger partial charge in [-0.3, -0.25) is 4.79 Å². The maximum atomic E-state index is 12.5. The minimum Gasteiger partial charge on any atom is -0.508 e. The van der Waals surface area contributed by atoms with Gasteiger partial charge in [-0.25, -0.2) is 4.79 Å². The van der Waals surface area contributed by atoms with E-state index in [0.717, 1.165) is 12.1 Å². The van der Waals surface area contributed by atoms with Gasteiger partial charge in [-0.05, 0) is 19.1 Å². The molecule has 0 amide bonds. The highest BCUT2D eigenvalue weighted by Crippen LogP contribution is 2.46. The smallest absolute Gasteiger partial charge is 0.342 e. The first kappa shape index (κ1) is 18.4. The molecule has 4 N–H and O–H groups in total. The number of ketones is 1. The zero-order valence-electron chi connectivity index (χ0n) is 14.0. The van der Waals surface area contributed by atoms with Crippen LogP contribution in [0.25, 0.3) is 0 Å². The Labute approximate surface area is 149 Å². The zero-order chi connectivity index (χ0) is 19.0. The fourth-order valence-electron chi connectivity index (χ4n) is 3.00. The average molecular weight is 364 g/mol. The van der Waals surface area contributed by atoms with Crippen molar-refractivity contribution in [2.75, 3.05) is 0 Å². The molecule has 0 unspecified atom stereocenters. The van der Waals surface area contributed by atoms with Gasteiger partial charge in [-0.15, -0.1) is 0 Å². The summed E-state index contributed by atoms with van der Waals surface area (Å²) in [7, 11) is 0. The number of carbonyl (C=O) groups excluding carboxylic acids is 2. The Kier molecular flexibility index (Phi) is 4.99. The molecule has 1 aromatic rings. The van der Waals surface area contributed by atoms with Gasteiger partial charge in [0.05, 0.1) is 12.2 Å². The van der Waals surface area contributed by atoms with Gasteiger partial charge in [0.25, 0.3) is 0 Å². The number of aromatic hydroxyl groups is 2. The number of aliphatic hydroxyl groups excluding tert-OH is 2. The Morgan fingerprint density at radius 3 is 2.62 bits per heavy atom. The number of esters is 1. The third kappa shape index (κ3) is 3.72. The van der Waals surface area contributed by atoms with E-state index in [-0.39, 0.29) is 29.7 Å². The van der Waals surface area contributed by atoms with E-state index < -0.39 is 48.0 Å². The van der Waals surface area contributed by atoms with E-state index in [4.69, 9.17) is 9.47 Å². The summed E-state index contributed by atoms with van der Waals surface area (Å²) in [6, 6.07) is 2.31. The van der Waals surface area contributed by atoms with Crippen LogP contribution in [0.5, 0.6) is 11.5 Å². The van der Waals surface area contributed by atoms with Gasteiger partial charge in [-0.1, -0.05) is 6.08 Å². The van der Waals surface area contributed by atoms with Gasteiger partial charge in [0.2, 0.25) is 0 Å². The summed E-state index contributed by atoms with van der Waals surface area (Å²) in [4.78, 5) is 24.3. The molecule has 5 atom stereocenters. The summed E-state index contributed by atoms with van der Waals surface area (Å²) in [5, 5.41) is 39.8. The van der Waals surface area contributed by atoms with Gasteiger partial charge in [0.1, 0.15) is 35.4 Å². The lowest BCUT2D eigenvalue weighted by Crippen LogP contribution is -2.34. The number of phenols is 2. The predicted octanol–water partition coefficient (Wildman–Crippen LogP) is 0.724. The summed E-state index contributed by atoms with van der Waals surface area (Å²) in [5.74, 6) is -2.13. The molecular formula is C18H20O8. The second kappa shape index (κ2) is 7.06. The van der Waals surface area contributed by atoms with Crippen molar-refractivity contribution in [3.05, 3.63) is 35.4 Å². The van der Waals surface area contributed by atoms with E-state index >= 15 is 0 Å². The lowest BCUT2D eigenvalue weighted by atomic mass is 9.97. The minimum absolute atomic E-state index is 0.0489. The lowest BCUT2D eigenvalue weighted by Gasteiger charge is -2.17. The van der Waals surface area contributed by atoms with Crippen LogP contribution in [0.1, 0.15) is 41.8 Å². The molecular weight excluding hydrogens is 344 g/mol. The summed E-state index contributed by atoms with van der Waals surface area (Å²) in [5.41, 5.74) is 0.111. The Morgan fingerprint density at radius 1 is 1.15 bits per heavy atom. The number of carbonyl (C=O) groups is 2. The summed E-state index contributed by atoms with van der Waals surface area (Å²) < 4.78 is 10.7. The van der Waals surface area contributed by atoms with E-state index in [1.165, 1.54) is 12.1 Å². The van der Waals surface area contributed by atoms with Crippen molar-refractivity contribution in [1.82, 2.24) is 0 Å². The van der Waals surface area contributed by atoms with Crippen LogP contribution in [-0.2, 0) is 14.3 Å². The number of phenolic OH excluding ortho intramolecular Hbond substituents is 2. The highest BCUT2D eigenvalue weighted by Gasteiger charge is 2.45. The normalized spacial score (nSPS) is 32.2. The zero-order valence-corrected chi connectivity index (χ0v) is 14.0. The van der Waals surface area contributed by atoms with E-state index in [1.54, 1.807) is 6.92 Å². The maximum Gasteiger partial charge on any atom is 0.342 e. The van der Waals surface area contributed by atoms with E-state index in [2.05, 4.69) is 0 Å². The number of aliphatic hydroxyl groups is 2. The first-order chi connectivity index (χ1) is 12.3. The Bertz CT molecular complexity index is 756. The second-order valence-electron chi connectivity index (χ2n) is 6.53. The summed E-state index contributed by atoms with van der Waals surface area (Å²) in [6.45, 7) is 1.61. The standard InChI is InChI=1S/C18H20O8/c1-8-3-2-4-11(20)16(23)13(22)7-14-17(26-14)10-5-9(19)6-12(21)15(10)18(24)25-8/h2,4-6,8,13-14,16-17,19,21-23H,3,7H2,1H3/t8-,13-,14+,16+,17+/m0/s1. The van der Waals surface area contributed by atoms with Crippen molar-refractivity contribution in [2.24, 2.45) is 0 Å². The molecule has 2 heterocycles. The van der Waals surface area contributed by atoms with Crippen molar-refractivity contribution in [3.8, 4) is 11.5 Å². The molecule has 8 nitrogen and oxygen atoms in total. The van der Waals surface area contributed by atoms with Crippen LogP contribution in [0.15, 0.2) is 24.3 Å². The van der Waals surface area contributed by atoms with Crippen LogP contribution < -0.4 is 0 Å². The first-order valence-corrected chi connectivity index (χ1v) is 8.26. The van der Waals surface area contributed by atoms with E-state index in [0.29, 0.717) is 0 Å². The van der Waals surface area contributed by atoms with Crippen molar-refractivity contribution in [1.29, 1.82) is 0 Å². The third-order valence-electron chi connectivity index (χ3n) is 4.41. The number of rotatable bonds is 0. The van der Waals surface area contributed by atoms with Gasteiger partial charge < -0.3 is 29.9 Å². The molecule has 0 radical (unpaired) electrons. The van der Waals surface area contributed by atoms with Gasteiger partial charge >= 0.3 is 5.97 Å². The Balaban J connectivity index is 1.97. The van der Waals surface area contributed by atoms with Crippen LogP contribution in [0.3, 0.4) is 0 Å². The molecule has 0 spiro atoms. The van der Waals surface area contributed by atoms with Crippen LogP contribution in [0.2, 0.25) is 0 Å². The number of benzene rings is 1. The van der Waals surface area contributed by atoms with Crippen molar-refractivity contribution >= 4 is 11.8 Å². The quantitative estimate of drug-likeness (QED) is 0.390. The van der Waals surface area contributed by atoms with Crippen LogP contribution in [-0.4, -0.2) is 56.6 Å². The summed E-state index contributed by atoms with van der Waals surface area (Å²) in [6.07, 6.45) is -2.06. The lowest BCUT2D eigenvalue weighted by molar-refractivity contribution is -0.128. The van der Waals surface area contributed by atoms with Crippen molar-refractivity contribution in [3.63, 3.8) is 0 Å². The van der Waals surface area contributed by atoms with Gasteiger partial charge in [-0.2, -0.15) is 0 Å². The highest BCUT2D eigenvalue weighted by atomic mass is 16.6. The predicted molar refractivity (Wildman–Crippen MR) is 87.7 cm³/mol. The number of hydrogen-bond donors (Lipinski definition) is 4. The number of ether oxygens (including phenoxy) is 2. The number of fused-ring (bicyclic) bond motifs is 3. The molecule has 140 valence electrons.